The van der Waals surface area contributed by atoms with Gasteiger partial charge in [-0.1, -0.05) is 20.8 Å². The number of piperidine rings is 2. The first-order valence-electron chi connectivity index (χ1n) is 9.80. The van der Waals surface area contributed by atoms with Gasteiger partial charge in [0.15, 0.2) is 5.84 Å². The van der Waals surface area contributed by atoms with E-state index < -0.39 is 5.83 Å². The number of hydrogen-bond acceptors (Lipinski definition) is 5. The molecule has 5 N–H and O–H groups in total. The molecular weight excluding hydrogens is 347 g/mol. The predicted molar refractivity (Wildman–Crippen MR) is 107 cm³/mol. The molecule has 2 heterocycles. The fraction of sp³-hybridized carbons (Fsp3) is 0.789. The van der Waals surface area contributed by atoms with E-state index >= 15 is 0 Å². The molecule has 27 heavy (non-hydrogen) atoms. The second-order valence-corrected chi connectivity index (χ2v) is 8.72. The molecule has 2 aliphatic rings. The van der Waals surface area contributed by atoms with Crippen molar-refractivity contribution in [3.05, 3.63) is 11.6 Å². The predicted octanol–water partition coefficient (Wildman–Crippen LogP) is 1.16. The fourth-order valence-electron chi connectivity index (χ4n) is 3.68. The SMILES string of the molecule is CN=C(N)C(F)=C(N)N1CCC[C@@H](N2CCCC(NCC(C)(C)C)C2=O)C1. The number of hydrogen-bond donors (Lipinski definition) is 3. The van der Waals surface area contributed by atoms with Crippen LogP contribution in [0.2, 0.25) is 0 Å². The Balaban J connectivity index is 2.05. The smallest absolute Gasteiger partial charge is 0.240 e. The molecular formula is C19H35FN6O. The number of amidine groups is 1. The number of aliphatic imine (C=N–C) groups is 1. The minimum absolute atomic E-state index is 0.00895. The summed E-state index contributed by atoms with van der Waals surface area (Å²) in [5.74, 6) is -0.729. The van der Waals surface area contributed by atoms with E-state index in [-0.39, 0.29) is 35.1 Å². The quantitative estimate of drug-likeness (QED) is 0.489. The number of halogens is 1. The van der Waals surface area contributed by atoms with Gasteiger partial charge in [-0.05, 0) is 31.1 Å². The van der Waals surface area contributed by atoms with Crippen molar-refractivity contribution in [1.82, 2.24) is 15.1 Å². The Morgan fingerprint density at radius 3 is 2.56 bits per heavy atom. The van der Waals surface area contributed by atoms with Gasteiger partial charge in [-0.3, -0.25) is 9.79 Å². The normalized spacial score (nSPS) is 26.3. The lowest BCUT2D eigenvalue weighted by Crippen LogP contribution is -2.58. The van der Waals surface area contributed by atoms with Crippen molar-refractivity contribution in [2.24, 2.45) is 21.9 Å². The standard InChI is InChI=1S/C19H35FN6O/c1-19(2,3)12-24-14-8-6-10-26(18(14)27)13-7-5-9-25(11-13)17(22)15(20)16(21)23-4/h13-14,24H,5-12,22H2,1-4H3,(H2,21,23)/t13-,14?/m1/s1. The molecule has 1 amide bonds. The van der Waals surface area contributed by atoms with Crippen LogP contribution >= 0.6 is 0 Å². The molecule has 7 nitrogen and oxygen atoms in total. The molecule has 154 valence electrons. The van der Waals surface area contributed by atoms with Crippen LogP contribution in [0, 0.1) is 5.41 Å². The fourth-order valence-corrected chi connectivity index (χ4v) is 3.68. The third kappa shape index (κ3) is 5.57. The number of rotatable bonds is 5. The van der Waals surface area contributed by atoms with Gasteiger partial charge < -0.3 is 26.6 Å². The van der Waals surface area contributed by atoms with Crippen LogP contribution in [0.1, 0.15) is 46.5 Å². The average Bonchev–Trinajstić information content (AvgIpc) is 2.64. The van der Waals surface area contributed by atoms with Crippen LogP contribution in [0.3, 0.4) is 0 Å². The highest BCUT2D eigenvalue weighted by Gasteiger charge is 2.36. The maximum absolute atomic E-state index is 14.3. The van der Waals surface area contributed by atoms with Gasteiger partial charge in [-0.15, -0.1) is 0 Å². The van der Waals surface area contributed by atoms with E-state index in [9.17, 15) is 9.18 Å². The van der Waals surface area contributed by atoms with Gasteiger partial charge in [-0.2, -0.15) is 4.39 Å². The summed E-state index contributed by atoms with van der Waals surface area (Å²) in [6.07, 6.45) is 3.59. The van der Waals surface area contributed by atoms with Crippen molar-refractivity contribution in [3.63, 3.8) is 0 Å². The molecule has 8 heteroatoms. The Morgan fingerprint density at radius 1 is 1.26 bits per heavy atom. The molecule has 0 aromatic carbocycles. The van der Waals surface area contributed by atoms with Crippen LogP contribution in [0.15, 0.2) is 16.6 Å². The number of likely N-dealkylation sites (tertiary alicyclic amines) is 2. The number of carbonyl (C=O) groups excluding carboxylic acids is 1. The maximum atomic E-state index is 14.3. The van der Waals surface area contributed by atoms with Crippen molar-refractivity contribution < 1.29 is 9.18 Å². The van der Waals surface area contributed by atoms with Crippen molar-refractivity contribution in [2.75, 3.05) is 33.2 Å². The minimum atomic E-state index is -0.687. The Labute approximate surface area is 162 Å². The molecule has 2 rings (SSSR count). The summed E-state index contributed by atoms with van der Waals surface area (Å²) in [6.45, 7) is 9.17. The summed E-state index contributed by atoms with van der Waals surface area (Å²) in [4.78, 5) is 20.4. The van der Waals surface area contributed by atoms with Crippen LogP contribution in [0.4, 0.5) is 4.39 Å². The molecule has 0 spiro atoms. The summed E-state index contributed by atoms with van der Waals surface area (Å²) in [5, 5.41) is 3.42. The van der Waals surface area contributed by atoms with Crippen molar-refractivity contribution in [1.29, 1.82) is 0 Å². The van der Waals surface area contributed by atoms with Crippen molar-refractivity contribution >= 4 is 11.7 Å². The van der Waals surface area contributed by atoms with Crippen LogP contribution in [0.25, 0.3) is 0 Å². The van der Waals surface area contributed by atoms with E-state index in [1.807, 2.05) is 4.90 Å². The zero-order chi connectivity index (χ0) is 20.2. The number of nitrogens with two attached hydrogens (primary N) is 2. The van der Waals surface area contributed by atoms with E-state index in [4.69, 9.17) is 11.5 Å². The lowest BCUT2D eigenvalue weighted by molar-refractivity contribution is -0.139. The van der Waals surface area contributed by atoms with E-state index in [0.29, 0.717) is 13.1 Å². The molecule has 0 bridgehead atoms. The van der Waals surface area contributed by atoms with E-state index in [1.165, 1.54) is 7.05 Å². The number of carbonyl (C=O) groups is 1. The maximum Gasteiger partial charge on any atom is 0.240 e. The minimum Gasteiger partial charge on any atom is -0.383 e. The van der Waals surface area contributed by atoms with Gasteiger partial charge >= 0.3 is 0 Å². The molecule has 2 saturated heterocycles. The topological polar surface area (TPSA) is 100.0 Å². The lowest BCUT2D eigenvalue weighted by atomic mass is 9.94. The lowest BCUT2D eigenvalue weighted by Gasteiger charge is -2.43. The molecule has 0 saturated carbocycles. The highest BCUT2D eigenvalue weighted by Crippen LogP contribution is 2.24. The van der Waals surface area contributed by atoms with E-state index in [2.05, 4.69) is 31.1 Å². The summed E-state index contributed by atoms with van der Waals surface area (Å²) in [5.41, 5.74) is 11.6. The Kier molecular flexibility index (Phi) is 7.08. The summed E-state index contributed by atoms with van der Waals surface area (Å²) >= 11 is 0. The number of amides is 1. The van der Waals surface area contributed by atoms with Gasteiger partial charge in [0.2, 0.25) is 11.7 Å². The number of nitrogens with one attached hydrogen (secondary N) is 1. The average molecular weight is 383 g/mol. The molecule has 1 unspecified atom stereocenters. The first-order valence-corrected chi connectivity index (χ1v) is 9.80. The van der Waals surface area contributed by atoms with Crippen LogP contribution < -0.4 is 16.8 Å². The zero-order valence-electron chi connectivity index (χ0n) is 17.1. The van der Waals surface area contributed by atoms with E-state index in [1.54, 1.807) is 4.90 Å². The van der Waals surface area contributed by atoms with Gasteiger partial charge in [0, 0.05) is 39.3 Å². The van der Waals surface area contributed by atoms with E-state index in [0.717, 1.165) is 38.8 Å². The summed E-state index contributed by atoms with van der Waals surface area (Å²) in [7, 11) is 1.43. The molecule has 2 aliphatic heterocycles. The second-order valence-electron chi connectivity index (χ2n) is 8.72. The van der Waals surface area contributed by atoms with Crippen molar-refractivity contribution in [3.8, 4) is 0 Å². The molecule has 0 aliphatic carbocycles. The molecule has 2 fully saturated rings. The number of nitrogens with zero attached hydrogens (tertiary/aromatic N) is 3. The molecule has 2 atom stereocenters. The van der Waals surface area contributed by atoms with Crippen LogP contribution in [-0.4, -0.2) is 66.9 Å². The van der Waals surface area contributed by atoms with Crippen molar-refractivity contribution in [2.45, 2.75) is 58.5 Å². The Morgan fingerprint density at radius 2 is 1.93 bits per heavy atom. The molecule has 0 radical (unpaired) electrons. The highest BCUT2D eigenvalue weighted by molar-refractivity contribution is 5.95. The first-order chi connectivity index (χ1) is 12.6. The van der Waals surface area contributed by atoms with Gasteiger partial charge in [0.25, 0.3) is 0 Å². The largest absolute Gasteiger partial charge is 0.383 e. The third-order valence-corrected chi connectivity index (χ3v) is 5.22. The Bertz CT molecular complexity index is 597. The van der Waals surface area contributed by atoms with Gasteiger partial charge in [0.1, 0.15) is 5.82 Å². The molecule has 0 aromatic rings. The monoisotopic (exact) mass is 382 g/mol. The van der Waals surface area contributed by atoms with Crippen LogP contribution in [0.5, 0.6) is 0 Å². The Hall–Kier alpha value is -1.83. The van der Waals surface area contributed by atoms with Gasteiger partial charge in [0.05, 0.1) is 6.04 Å². The summed E-state index contributed by atoms with van der Waals surface area (Å²) in [6, 6.07) is -0.0996. The highest BCUT2D eigenvalue weighted by atomic mass is 19.1. The summed E-state index contributed by atoms with van der Waals surface area (Å²) < 4.78 is 14.3. The third-order valence-electron chi connectivity index (χ3n) is 5.22. The second kappa shape index (κ2) is 8.91. The van der Waals surface area contributed by atoms with Crippen LogP contribution in [-0.2, 0) is 4.79 Å². The first kappa shape index (κ1) is 21.5. The van der Waals surface area contributed by atoms with Gasteiger partial charge in [-0.25, -0.2) is 0 Å². The zero-order valence-corrected chi connectivity index (χ0v) is 17.1. The molecule has 0 aromatic heterocycles.